The molecular formula is C21H28FN3O5S. The van der Waals surface area contributed by atoms with Crippen LogP contribution in [0.15, 0.2) is 48.8 Å². The second-order valence-electron chi connectivity index (χ2n) is 7.94. The summed E-state index contributed by atoms with van der Waals surface area (Å²) in [6, 6.07) is 11.4. The summed E-state index contributed by atoms with van der Waals surface area (Å²) in [5.41, 5.74) is 1.63. The van der Waals surface area contributed by atoms with Crippen LogP contribution in [-0.4, -0.2) is 46.9 Å². The van der Waals surface area contributed by atoms with E-state index >= 15 is 0 Å². The average molecular weight is 454 g/mol. The zero-order valence-electron chi connectivity index (χ0n) is 17.7. The van der Waals surface area contributed by atoms with Crippen molar-refractivity contribution in [2.24, 2.45) is 0 Å². The van der Waals surface area contributed by atoms with E-state index in [0.29, 0.717) is 6.54 Å². The third-order valence-corrected chi connectivity index (χ3v) is 5.47. The van der Waals surface area contributed by atoms with Crippen LogP contribution in [0.5, 0.6) is 5.75 Å². The molecule has 1 unspecified atom stereocenters. The van der Waals surface area contributed by atoms with Gasteiger partial charge < -0.3 is 20.5 Å². The van der Waals surface area contributed by atoms with Gasteiger partial charge in [-0.2, -0.15) is 8.42 Å². The molecule has 0 amide bonds. The summed E-state index contributed by atoms with van der Waals surface area (Å²) in [5, 5.41) is 12.7. The fourth-order valence-electron chi connectivity index (χ4n) is 3.23. The van der Waals surface area contributed by atoms with Crippen molar-refractivity contribution in [2.75, 3.05) is 12.8 Å². The topological polar surface area (TPSA) is 125 Å². The smallest absolute Gasteiger partial charge is 0.265 e. The van der Waals surface area contributed by atoms with Crippen molar-refractivity contribution in [3.63, 3.8) is 0 Å². The van der Waals surface area contributed by atoms with Crippen LogP contribution in [0.3, 0.4) is 0 Å². The Morgan fingerprint density at radius 3 is 2.65 bits per heavy atom. The van der Waals surface area contributed by atoms with E-state index in [2.05, 4.69) is 14.9 Å². The molecule has 0 radical (unpaired) electrons. The number of benzene rings is 2. The zero-order valence-corrected chi connectivity index (χ0v) is 18.5. The second kappa shape index (κ2) is 9.73. The first-order chi connectivity index (χ1) is 14.0. The summed E-state index contributed by atoms with van der Waals surface area (Å²) >= 11 is 0. The first-order valence-corrected chi connectivity index (χ1v) is 11.4. The minimum atomic E-state index is -3.82. The summed E-state index contributed by atoms with van der Waals surface area (Å²) in [4.78, 5) is 4.38. The Labute approximate surface area is 181 Å². The number of aromatic nitrogens is 2. The van der Waals surface area contributed by atoms with Gasteiger partial charge in [-0.15, -0.1) is 0 Å². The van der Waals surface area contributed by atoms with Gasteiger partial charge in [0.15, 0.2) is 0 Å². The SMILES string of the molecule is CC(C)(CCn1cnc2ccccc21)NCC(OS(C)(=O)=O)c1ccc(O)cc1F.O. The molecule has 31 heavy (non-hydrogen) atoms. The quantitative estimate of drug-likeness (QED) is 0.480. The lowest BCUT2D eigenvalue weighted by molar-refractivity contribution is 0.186. The monoisotopic (exact) mass is 453 g/mol. The van der Waals surface area contributed by atoms with E-state index in [4.69, 9.17) is 4.18 Å². The van der Waals surface area contributed by atoms with Gasteiger partial charge in [-0.1, -0.05) is 12.1 Å². The summed E-state index contributed by atoms with van der Waals surface area (Å²) < 4.78 is 44.9. The molecule has 170 valence electrons. The van der Waals surface area contributed by atoms with E-state index in [9.17, 15) is 17.9 Å². The molecule has 0 spiro atoms. The molecule has 4 N–H and O–H groups in total. The van der Waals surface area contributed by atoms with E-state index < -0.39 is 27.6 Å². The molecule has 10 heteroatoms. The van der Waals surface area contributed by atoms with Gasteiger partial charge in [-0.05, 0) is 44.5 Å². The number of phenolic OH excluding ortho intramolecular Hbond substituents is 1. The van der Waals surface area contributed by atoms with E-state index in [-0.39, 0.29) is 23.3 Å². The molecule has 0 fully saturated rings. The van der Waals surface area contributed by atoms with Crippen LogP contribution in [-0.2, 0) is 20.8 Å². The molecule has 0 saturated heterocycles. The largest absolute Gasteiger partial charge is 0.508 e. The van der Waals surface area contributed by atoms with Gasteiger partial charge in [0, 0.05) is 30.3 Å². The number of halogens is 1. The maximum atomic E-state index is 14.3. The number of phenols is 1. The van der Waals surface area contributed by atoms with Gasteiger partial charge in [-0.3, -0.25) is 4.18 Å². The number of aryl methyl sites for hydroxylation is 1. The first-order valence-electron chi connectivity index (χ1n) is 9.56. The van der Waals surface area contributed by atoms with Crippen molar-refractivity contribution < 1.29 is 27.6 Å². The van der Waals surface area contributed by atoms with Gasteiger partial charge in [0.2, 0.25) is 0 Å². The minimum absolute atomic E-state index is 0. The zero-order chi connectivity index (χ0) is 21.9. The molecule has 0 aliphatic rings. The van der Waals surface area contributed by atoms with Gasteiger partial charge in [0.1, 0.15) is 17.7 Å². The molecule has 3 aromatic rings. The molecule has 0 aliphatic heterocycles. The highest BCUT2D eigenvalue weighted by atomic mass is 32.2. The van der Waals surface area contributed by atoms with Gasteiger partial charge in [-0.25, -0.2) is 9.37 Å². The van der Waals surface area contributed by atoms with Crippen LogP contribution < -0.4 is 5.32 Å². The lowest BCUT2D eigenvalue weighted by Gasteiger charge is -2.29. The third-order valence-electron chi connectivity index (χ3n) is 4.89. The van der Waals surface area contributed by atoms with Crippen LogP contribution in [0.25, 0.3) is 11.0 Å². The molecule has 1 aromatic heterocycles. The average Bonchev–Trinajstić information content (AvgIpc) is 3.06. The first kappa shape index (κ1) is 24.7. The van der Waals surface area contributed by atoms with Crippen molar-refractivity contribution in [1.29, 1.82) is 0 Å². The Morgan fingerprint density at radius 2 is 1.97 bits per heavy atom. The van der Waals surface area contributed by atoms with E-state index in [1.54, 1.807) is 6.33 Å². The lowest BCUT2D eigenvalue weighted by Crippen LogP contribution is -2.43. The number of hydrogen-bond donors (Lipinski definition) is 2. The molecule has 1 heterocycles. The highest BCUT2D eigenvalue weighted by molar-refractivity contribution is 7.86. The summed E-state index contributed by atoms with van der Waals surface area (Å²) in [7, 11) is -3.82. The maximum absolute atomic E-state index is 14.3. The molecule has 1 atom stereocenters. The van der Waals surface area contributed by atoms with Crippen molar-refractivity contribution in [3.8, 4) is 5.75 Å². The second-order valence-corrected chi connectivity index (χ2v) is 9.54. The molecule has 0 bridgehead atoms. The summed E-state index contributed by atoms with van der Waals surface area (Å²) in [6.07, 6.45) is 2.38. The minimum Gasteiger partial charge on any atom is -0.508 e. The summed E-state index contributed by atoms with van der Waals surface area (Å²) in [6.45, 7) is 4.74. The Hall–Kier alpha value is -2.53. The predicted octanol–water partition coefficient (Wildman–Crippen LogP) is 2.53. The van der Waals surface area contributed by atoms with Crippen LogP contribution in [0, 0.1) is 5.82 Å². The van der Waals surface area contributed by atoms with E-state index in [1.807, 2.05) is 38.1 Å². The van der Waals surface area contributed by atoms with Gasteiger partial charge >= 0.3 is 0 Å². The number of aromatic hydroxyl groups is 1. The third kappa shape index (κ3) is 6.73. The molecule has 3 rings (SSSR count). The Bertz CT molecular complexity index is 1130. The number of imidazole rings is 1. The highest BCUT2D eigenvalue weighted by Gasteiger charge is 2.25. The normalized spacial score (nSPS) is 13.2. The molecular weight excluding hydrogens is 425 g/mol. The summed E-state index contributed by atoms with van der Waals surface area (Å²) in [5.74, 6) is -0.969. The van der Waals surface area contributed by atoms with Crippen molar-refractivity contribution in [1.82, 2.24) is 14.9 Å². The highest BCUT2D eigenvalue weighted by Crippen LogP contribution is 2.26. The lowest BCUT2D eigenvalue weighted by atomic mass is 9.99. The molecule has 8 nitrogen and oxygen atoms in total. The fraction of sp³-hybridized carbons (Fsp3) is 0.381. The van der Waals surface area contributed by atoms with Crippen molar-refractivity contribution in [3.05, 3.63) is 60.2 Å². The molecule has 2 aromatic carbocycles. The van der Waals surface area contributed by atoms with E-state index in [0.717, 1.165) is 29.8 Å². The van der Waals surface area contributed by atoms with Gasteiger partial charge in [0.25, 0.3) is 10.1 Å². The standard InChI is InChI=1S/C21H26FN3O4S.H2O/c1-21(2,10-11-25-14-23-18-6-4-5-7-19(18)25)24-13-20(29-30(3,27)28)16-9-8-15(26)12-17(16)22;/h4-9,12,14,20,24,26H,10-11,13H2,1-3H3;1H2. The van der Waals surface area contributed by atoms with Crippen molar-refractivity contribution >= 4 is 21.2 Å². The molecule has 0 saturated carbocycles. The maximum Gasteiger partial charge on any atom is 0.265 e. The Morgan fingerprint density at radius 1 is 1.26 bits per heavy atom. The Kier molecular flexibility index (Phi) is 7.77. The Balaban J connectivity index is 0.00000341. The molecule has 0 aliphatic carbocycles. The predicted molar refractivity (Wildman–Crippen MR) is 117 cm³/mol. The fourth-order valence-corrected chi connectivity index (χ4v) is 3.82. The van der Waals surface area contributed by atoms with Crippen LogP contribution in [0.1, 0.15) is 31.9 Å². The van der Waals surface area contributed by atoms with Crippen LogP contribution >= 0.6 is 0 Å². The number of nitrogens with one attached hydrogen (secondary N) is 1. The number of hydrogen-bond acceptors (Lipinski definition) is 6. The van der Waals surface area contributed by atoms with E-state index in [1.165, 1.54) is 12.1 Å². The number of fused-ring (bicyclic) bond motifs is 1. The number of rotatable bonds is 9. The van der Waals surface area contributed by atoms with Crippen LogP contribution in [0.4, 0.5) is 4.39 Å². The van der Waals surface area contributed by atoms with Crippen LogP contribution in [0.2, 0.25) is 0 Å². The number of para-hydroxylation sites is 2. The van der Waals surface area contributed by atoms with Gasteiger partial charge in [0.05, 0.1) is 23.6 Å². The number of nitrogens with zero attached hydrogens (tertiary/aromatic N) is 2. The van der Waals surface area contributed by atoms with Crippen molar-refractivity contribution in [2.45, 2.75) is 38.5 Å².